The minimum absolute atomic E-state index is 0.245. The van der Waals surface area contributed by atoms with E-state index in [1.165, 1.54) is 12.1 Å². The van der Waals surface area contributed by atoms with E-state index < -0.39 is 0 Å². The molecule has 0 fully saturated rings. The summed E-state index contributed by atoms with van der Waals surface area (Å²) in [6.07, 6.45) is 0. The Hall–Kier alpha value is -1.39. The van der Waals surface area contributed by atoms with E-state index in [9.17, 15) is 4.39 Å². The molecule has 2 nitrogen and oxygen atoms in total. The van der Waals surface area contributed by atoms with Gasteiger partial charge >= 0.3 is 0 Å². The van der Waals surface area contributed by atoms with E-state index in [1.54, 1.807) is 12.1 Å². The zero-order chi connectivity index (χ0) is 13.0. The summed E-state index contributed by atoms with van der Waals surface area (Å²) in [5.74, 6) is 0.0126. The molecule has 0 unspecified atom stereocenters. The monoisotopic (exact) mass is 309 g/mol. The van der Waals surface area contributed by atoms with Gasteiger partial charge in [0.05, 0.1) is 0 Å². The maximum atomic E-state index is 13.1. The Morgan fingerprint density at radius 3 is 2.33 bits per heavy atom. The molecule has 2 N–H and O–H groups in total. The molecule has 2 aromatic carbocycles. The number of hydrogen-bond acceptors (Lipinski definition) is 2. The maximum Gasteiger partial charge on any atom is 0.124 e. The van der Waals surface area contributed by atoms with E-state index >= 15 is 0 Å². The van der Waals surface area contributed by atoms with E-state index in [4.69, 9.17) is 5.11 Å². The lowest BCUT2D eigenvalue weighted by atomic mass is 10.2. The summed E-state index contributed by atoms with van der Waals surface area (Å²) in [7, 11) is 0. The third-order valence-corrected chi connectivity index (χ3v) is 2.97. The second-order valence-corrected chi connectivity index (χ2v) is 4.96. The second kappa shape index (κ2) is 5.98. The first-order valence-corrected chi connectivity index (χ1v) is 6.36. The number of halogens is 2. The molecule has 0 aliphatic rings. The average molecular weight is 310 g/mol. The lowest BCUT2D eigenvalue weighted by Gasteiger charge is -2.06. The molecule has 0 aliphatic heterocycles. The molecule has 0 atom stereocenters. The molecule has 4 heteroatoms. The van der Waals surface area contributed by atoms with E-state index in [2.05, 4.69) is 21.2 Å². The molecule has 0 spiro atoms. The predicted octanol–water partition coefficient (Wildman–Crippen LogP) is 3.58. The minimum Gasteiger partial charge on any atom is -0.508 e. The molecule has 0 amide bonds. The van der Waals surface area contributed by atoms with Crippen molar-refractivity contribution in [2.24, 2.45) is 0 Å². The topological polar surface area (TPSA) is 32.3 Å². The zero-order valence-electron chi connectivity index (χ0n) is 9.66. The lowest BCUT2D eigenvalue weighted by molar-refractivity contribution is 0.475. The molecule has 0 radical (unpaired) electrons. The maximum absolute atomic E-state index is 13.1. The van der Waals surface area contributed by atoms with Gasteiger partial charge in [-0.15, -0.1) is 0 Å². The molecule has 0 saturated carbocycles. The highest BCUT2D eigenvalue weighted by atomic mass is 79.9. The molecule has 2 aromatic rings. The summed E-state index contributed by atoms with van der Waals surface area (Å²) in [5, 5.41) is 12.4. The highest BCUT2D eigenvalue weighted by molar-refractivity contribution is 9.10. The van der Waals surface area contributed by atoms with Crippen molar-refractivity contribution in [3.8, 4) is 5.75 Å². The third-order valence-electron chi connectivity index (χ3n) is 2.52. The Morgan fingerprint density at radius 1 is 1.00 bits per heavy atom. The van der Waals surface area contributed by atoms with E-state index in [0.29, 0.717) is 13.1 Å². The van der Waals surface area contributed by atoms with Crippen LogP contribution in [0.5, 0.6) is 5.75 Å². The summed E-state index contributed by atoms with van der Waals surface area (Å²) in [6, 6.07) is 11.8. The van der Waals surface area contributed by atoms with Crippen LogP contribution in [0.25, 0.3) is 0 Å². The fourth-order valence-corrected chi connectivity index (χ4v) is 2.19. The van der Waals surface area contributed by atoms with Crippen LogP contribution in [0.2, 0.25) is 0 Å². The fourth-order valence-electron chi connectivity index (χ4n) is 1.68. The first kappa shape index (κ1) is 13.1. The van der Waals surface area contributed by atoms with E-state index in [1.807, 2.05) is 18.2 Å². The SMILES string of the molecule is Oc1ccc(CNCc2cc(F)cc(Br)c2)cc1. The number of phenolic OH excluding ortho intramolecular Hbond substituents is 1. The molecule has 94 valence electrons. The average Bonchev–Trinajstić information content (AvgIpc) is 2.30. The van der Waals surface area contributed by atoms with Crippen molar-refractivity contribution in [1.29, 1.82) is 0 Å². The van der Waals surface area contributed by atoms with Gasteiger partial charge in [-0.1, -0.05) is 28.1 Å². The summed E-state index contributed by atoms with van der Waals surface area (Å²) in [6.45, 7) is 1.27. The van der Waals surface area contributed by atoms with Crippen molar-refractivity contribution in [3.05, 3.63) is 63.9 Å². The van der Waals surface area contributed by atoms with Gasteiger partial charge in [-0.3, -0.25) is 0 Å². The normalized spacial score (nSPS) is 10.6. The number of nitrogens with one attached hydrogen (secondary N) is 1. The summed E-state index contributed by atoms with van der Waals surface area (Å²) in [5.41, 5.74) is 1.96. The van der Waals surface area contributed by atoms with Gasteiger partial charge in [0.1, 0.15) is 11.6 Å². The first-order chi connectivity index (χ1) is 8.63. The molecular weight excluding hydrogens is 297 g/mol. The van der Waals surface area contributed by atoms with E-state index in [0.717, 1.165) is 15.6 Å². The van der Waals surface area contributed by atoms with Gasteiger partial charge in [-0.05, 0) is 41.5 Å². The number of hydrogen-bond donors (Lipinski definition) is 2. The van der Waals surface area contributed by atoms with Crippen LogP contribution in [0.4, 0.5) is 4.39 Å². The largest absolute Gasteiger partial charge is 0.508 e. The van der Waals surface area contributed by atoms with Crippen LogP contribution in [-0.4, -0.2) is 5.11 Å². The van der Waals surface area contributed by atoms with Crippen LogP contribution in [0, 0.1) is 5.82 Å². The van der Waals surface area contributed by atoms with Crippen LogP contribution in [0.15, 0.2) is 46.9 Å². The Labute approximate surface area is 114 Å². The van der Waals surface area contributed by atoms with Gasteiger partial charge < -0.3 is 10.4 Å². The highest BCUT2D eigenvalue weighted by Crippen LogP contribution is 2.15. The summed E-state index contributed by atoms with van der Waals surface area (Å²) in [4.78, 5) is 0. The van der Waals surface area contributed by atoms with Crippen LogP contribution in [0.3, 0.4) is 0 Å². The lowest BCUT2D eigenvalue weighted by Crippen LogP contribution is -2.12. The number of rotatable bonds is 4. The Kier molecular flexibility index (Phi) is 4.33. The first-order valence-electron chi connectivity index (χ1n) is 5.57. The van der Waals surface area contributed by atoms with E-state index in [-0.39, 0.29) is 11.6 Å². The van der Waals surface area contributed by atoms with Crippen molar-refractivity contribution in [2.75, 3.05) is 0 Å². The third kappa shape index (κ3) is 3.82. The standard InChI is InChI=1S/C14H13BrFNO/c15-12-5-11(6-13(16)7-12)9-17-8-10-1-3-14(18)4-2-10/h1-7,17-18H,8-9H2. The Bertz CT molecular complexity index is 508. The quantitative estimate of drug-likeness (QED) is 0.904. The fraction of sp³-hybridized carbons (Fsp3) is 0.143. The van der Waals surface area contributed by atoms with Crippen LogP contribution in [0.1, 0.15) is 11.1 Å². The van der Waals surface area contributed by atoms with Gasteiger partial charge in [0.25, 0.3) is 0 Å². The van der Waals surface area contributed by atoms with Crippen LogP contribution >= 0.6 is 15.9 Å². The Balaban J connectivity index is 1.90. The molecule has 0 aliphatic carbocycles. The molecule has 2 rings (SSSR count). The molecule has 0 aromatic heterocycles. The molecular formula is C14H13BrFNO. The van der Waals surface area contributed by atoms with Gasteiger partial charge in [0, 0.05) is 17.6 Å². The van der Waals surface area contributed by atoms with Crippen molar-refractivity contribution >= 4 is 15.9 Å². The van der Waals surface area contributed by atoms with Crippen molar-refractivity contribution < 1.29 is 9.50 Å². The number of benzene rings is 2. The van der Waals surface area contributed by atoms with Crippen molar-refractivity contribution in [1.82, 2.24) is 5.32 Å². The second-order valence-electron chi connectivity index (χ2n) is 4.05. The van der Waals surface area contributed by atoms with Crippen molar-refractivity contribution in [2.45, 2.75) is 13.1 Å². The summed E-state index contributed by atoms with van der Waals surface area (Å²) >= 11 is 3.26. The highest BCUT2D eigenvalue weighted by Gasteiger charge is 1.99. The summed E-state index contributed by atoms with van der Waals surface area (Å²) < 4.78 is 13.9. The molecule has 18 heavy (non-hydrogen) atoms. The van der Waals surface area contributed by atoms with Crippen molar-refractivity contribution in [3.63, 3.8) is 0 Å². The van der Waals surface area contributed by atoms with Crippen LogP contribution < -0.4 is 5.32 Å². The zero-order valence-corrected chi connectivity index (χ0v) is 11.2. The molecule has 0 heterocycles. The number of phenols is 1. The minimum atomic E-state index is -0.245. The molecule has 0 bridgehead atoms. The van der Waals surface area contributed by atoms with Gasteiger partial charge in [0.2, 0.25) is 0 Å². The smallest absolute Gasteiger partial charge is 0.124 e. The number of aromatic hydroxyl groups is 1. The Morgan fingerprint density at radius 2 is 1.67 bits per heavy atom. The molecule has 0 saturated heterocycles. The van der Waals surface area contributed by atoms with Gasteiger partial charge in [-0.25, -0.2) is 4.39 Å². The van der Waals surface area contributed by atoms with Crippen LogP contribution in [-0.2, 0) is 13.1 Å². The van der Waals surface area contributed by atoms with Gasteiger partial charge in [-0.2, -0.15) is 0 Å². The van der Waals surface area contributed by atoms with Gasteiger partial charge in [0.15, 0.2) is 0 Å². The predicted molar refractivity (Wildman–Crippen MR) is 72.8 cm³/mol.